The lowest BCUT2D eigenvalue weighted by Crippen LogP contribution is -2.56. The largest absolute Gasteiger partial charge is 0.447 e. The van der Waals surface area contributed by atoms with Crippen molar-refractivity contribution >= 4 is 12.0 Å². The molecular formula is C26H38FN3O3. The Balaban J connectivity index is 1.44. The molecule has 1 atom stereocenters. The Morgan fingerprint density at radius 3 is 2.36 bits per heavy atom. The molecule has 2 heterocycles. The van der Waals surface area contributed by atoms with Gasteiger partial charge in [0.2, 0.25) is 5.91 Å². The van der Waals surface area contributed by atoms with Gasteiger partial charge in [-0.1, -0.05) is 31.4 Å². The molecule has 0 unspecified atom stereocenters. The third kappa shape index (κ3) is 5.18. The van der Waals surface area contributed by atoms with Crippen LogP contribution in [0, 0.1) is 17.2 Å². The molecule has 7 heteroatoms. The normalized spacial score (nSPS) is 23.9. The second kappa shape index (κ2) is 9.61. The van der Waals surface area contributed by atoms with Crippen molar-refractivity contribution in [2.75, 3.05) is 26.2 Å². The van der Waals surface area contributed by atoms with Crippen molar-refractivity contribution in [1.82, 2.24) is 9.80 Å². The van der Waals surface area contributed by atoms with Crippen molar-refractivity contribution in [2.45, 2.75) is 76.8 Å². The van der Waals surface area contributed by atoms with Gasteiger partial charge in [-0.2, -0.15) is 0 Å². The van der Waals surface area contributed by atoms with E-state index < -0.39 is 6.04 Å². The summed E-state index contributed by atoms with van der Waals surface area (Å²) >= 11 is 0. The zero-order chi connectivity index (χ0) is 23.6. The minimum Gasteiger partial charge on any atom is -0.447 e. The van der Waals surface area contributed by atoms with Crippen LogP contribution in [0.4, 0.5) is 9.18 Å². The molecule has 4 rings (SSSR count). The lowest BCUT2D eigenvalue weighted by atomic mass is 9.63. The van der Waals surface area contributed by atoms with Crippen LogP contribution in [-0.4, -0.2) is 59.6 Å². The predicted octanol–water partition coefficient (Wildman–Crippen LogP) is 4.12. The summed E-state index contributed by atoms with van der Waals surface area (Å²) in [6.45, 7) is 6.59. The smallest absolute Gasteiger partial charge is 0.410 e. The molecule has 0 radical (unpaired) electrons. The molecule has 1 aromatic rings. The average Bonchev–Trinajstić information content (AvgIpc) is 3.07. The van der Waals surface area contributed by atoms with E-state index >= 15 is 0 Å². The second-order valence-corrected chi connectivity index (χ2v) is 10.9. The second-order valence-electron chi connectivity index (χ2n) is 10.9. The molecular weight excluding hydrogens is 421 g/mol. The number of carbonyl (C=O) groups excluding carboxylic acids is 2. The Morgan fingerprint density at radius 2 is 1.79 bits per heavy atom. The Labute approximate surface area is 196 Å². The molecule has 182 valence electrons. The number of nitrogens with zero attached hydrogens (tertiary/aromatic N) is 2. The van der Waals surface area contributed by atoms with Gasteiger partial charge >= 0.3 is 6.09 Å². The van der Waals surface area contributed by atoms with Crippen molar-refractivity contribution in [3.05, 3.63) is 35.6 Å². The van der Waals surface area contributed by atoms with Gasteiger partial charge in [0.05, 0.1) is 11.6 Å². The molecule has 6 nitrogen and oxygen atoms in total. The first-order valence-electron chi connectivity index (χ1n) is 12.4. The van der Waals surface area contributed by atoms with Crippen LogP contribution in [0.1, 0.15) is 64.4 Å². The number of likely N-dealkylation sites (tertiary alicyclic amines) is 1. The Bertz CT molecular complexity index is 843. The highest BCUT2D eigenvalue weighted by atomic mass is 19.1. The monoisotopic (exact) mass is 459 g/mol. The molecule has 2 saturated heterocycles. The summed E-state index contributed by atoms with van der Waals surface area (Å²) in [6, 6.07) is 5.53. The van der Waals surface area contributed by atoms with E-state index in [9.17, 15) is 14.0 Å². The van der Waals surface area contributed by atoms with Gasteiger partial charge < -0.3 is 15.4 Å². The lowest BCUT2D eigenvalue weighted by molar-refractivity contribution is -0.136. The average molecular weight is 460 g/mol. The summed E-state index contributed by atoms with van der Waals surface area (Å²) in [4.78, 5) is 29.5. The van der Waals surface area contributed by atoms with Gasteiger partial charge in [-0.15, -0.1) is 0 Å². The number of nitrogens with two attached hydrogens (primary N) is 1. The van der Waals surface area contributed by atoms with Gasteiger partial charge in [0.1, 0.15) is 12.4 Å². The van der Waals surface area contributed by atoms with Crippen LogP contribution in [0.5, 0.6) is 0 Å². The quantitative estimate of drug-likeness (QED) is 0.695. The molecule has 3 aliphatic rings. The number of halogens is 1. The Kier molecular flexibility index (Phi) is 6.99. The summed E-state index contributed by atoms with van der Waals surface area (Å²) < 4.78 is 18.6. The number of rotatable bonds is 6. The highest BCUT2D eigenvalue weighted by molar-refractivity contribution is 5.82. The maximum Gasteiger partial charge on any atom is 0.410 e. The number of benzene rings is 1. The molecule has 0 aromatic heterocycles. The van der Waals surface area contributed by atoms with Crippen molar-refractivity contribution in [1.29, 1.82) is 0 Å². The van der Waals surface area contributed by atoms with Crippen LogP contribution >= 0.6 is 0 Å². The van der Waals surface area contributed by atoms with Crippen LogP contribution in [0.2, 0.25) is 0 Å². The summed E-state index contributed by atoms with van der Waals surface area (Å²) in [7, 11) is 0. The summed E-state index contributed by atoms with van der Waals surface area (Å²) in [6.07, 6.45) is 8.11. The molecule has 0 spiro atoms. The van der Waals surface area contributed by atoms with E-state index in [1.54, 1.807) is 12.1 Å². The molecule has 1 saturated carbocycles. The minimum absolute atomic E-state index is 0.0128. The molecule has 3 fully saturated rings. The van der Waals surface area contributed by atoms with Gasteiger partial charge in [0.15, 0.2) is 0 Å². The first-order valence-corrected chi connectivity index (χ1v) is 12.4. The van der Waals surface area contributed by atoms with Crippen molar-refractivity contribution in [2.24, 2.45) is 17.1 Å². The number of hydrogen-bond donors (Lipinski definition) is 1. The maximum absolute atomic E-state index is 13.2. The van der Waals surface area contributed by atoms with Crippen LogP contribution in [0.3, 0.4) is 0 Å². The minimum atomic E-state index is -0.634. The van der Waals surface area contributed by atoms with Crippen molar-refractivity contribution in [3.63, 3.8) is 0 Å². The highest BCUT2D eigenvalue weighted by Gasteiger charge is 2.49. The summed E-state index contributed by atoms with van der Waals surface area (Å²) in [5.74, 6) is 0.233. The predicted molar refractivity (Wildman–Crippen MR) is 125 cm³/mol. The Morgan fingerprint density at radius 1 is 1.15 bits per heavy atom. The zero-order valence-electron chi connectivity index (χ0n) is 20.0. The number of piperidine rings is 1. The molecule has 2 amide bonds. The molecule has 0 bridgehead atoms. The fourth-order valence-electron chi connectivity index (χ4n) is 6.01. The standard InChI is InChI=1S/C26H38FN3O3/c1-25(2)18-33-24(32)30(25)17-26(20-6-4-3-5-7-20)12-14-29(15-13-26)23(31)22(28)16-19-8-10-21(27)11-9-19/h8-11,20,22H,3-7,12-18,28H2,1-2H3/t22-/m1/s1. The van der Waals surface area contributed by atoms with E-state index in [1.165, 1.54) is 44.2 Å². The number of carbonyl (C=O) groups is 2. The van der Waals surface area contributed by atoms with Crippen LogP contribution in [-0.2, 0) is 16.0 Å². The van der Waals surface area contributed by atoms with E-state index in [4.69, 9.17) is 10.5 Å². The van der Waals surface area contributed by atoms with E-state index in [-0.39, 0.29) is 28.8 Å². The fraction of sp³-hybridized carbons (Fsp3) is 0.692. The topological polar surface area (TPSA) is 75.9 Å². The summed E-state index contributed by atoms with van der Waals surface area (Å²) in [5, 5.41) is 0. The third-order valence-corrected chi connectivity index (χ3v) is 8.20. The van der Waals surface area contributed by atoms with Gasteiger partial charge in [-0.3, -0.25) is 9.69 Å². The van der Waals surface area contributed by atoms with Crippen LogP contribution in [0.15, 0.2) is 24.3 Å². The first-order chi connectivity index (χ1) is 15.7. The van der Waals surface area contributed by atoms with Gasteiger partial charge in [0, 0.05) is 19.6 Å². The lowest BCUT2D eigenvalue weighted by Gasteiger charge is -2.50. The molecule has 1 aromatic carbocycles. The highest BCUT2D eigenvalue weighted by Crippen LogP contribution is 2.47. The number of hydrogen-bond acceptors (Lipinski definition) is 4. The van der Waals surface area contributed by atoms with Crippen molar-refractivity contribution in [3.8, 4) is 0 Å². The SMILES string of the molecule is CC1(C)COC(=O)N1CC1(C2CCCCC2)CCN(C(=O)[C@H](N)Cc2ccc(F)cc2)CC1. The molecule has 2 aliphatic heterocycles. The fourth-order valence-corrected chi connectivity index (χ4v) is 6.01. The van der Waals surface area contributed by atoms with E-state index in [0.717, 1.165) is 18.4 Å². The molecule has 33 heavy (non-hydrogen) atoms. The van der Waals surface area contributed by atoms with Gasteiger partial charge in [-0.05, 0) is 75.0 Å². The Hall–Kier alpha value is -2.15. The zero-order valence-corrected chi connectivity index (χ0v) is 20.0. The first kappa shape index (κ1) is 24.0. The molecule has 1 aliphatic carbocycles. The van der Waals surface area contributed by atoms with E-state index in [1.807, 2.05) is 9.80 Å². The number of ether oxygens (including phenoxy) is 1. The maximum atomic E-state index is 13.2. The van der Waals surface area contributed by atoms with E-state index in [2.05, 4.69) is 13.8 Å². The number of amides is 2. The van der Waals surface area contributed by atoms with Crippen molar-refractivity contribution < 1.29 is 18.7 Å². The van der Waals surface area contributed by atoms with E-state index in [0.29, 0.717) is 38.6 Å². The van der Waals surface area contributed by atoms with Crippen LogP contribution in [0.25, 0.3) is 0 Å². The number of cyclic esters (lactones) is 1. The molecule has 2 N–H and O–H groups in total. The van der Waals surface area contributed by atoms with Crippen LogP contribution < -0.4 is 5.73 Å². The third-order valence-electron chi connectivity index (χ3n) is 8.20. The van der Waals surface area contributed by atoms with Gasteiger partial charge in [-0.25, -0.2) is 9.18 Å². The van der Waals surface area contributed by atoms with Gasteiger partial charge in [0.25, 0.3) is 0 Å². The summed E-state index contributed by atoms with van der Waals surface area (Å²) in [5.41, 5.74) is 6.83.